The molecule has 11 atom stereocenters. The third-order valence-corrected chi connectivity index (χ3v) is 11.9. The number of nitrogens with zero attached hydrogens (tertiary/aromatic N) is 3. The van der Waals surface area contributed by atoms with Crippen LogP contribution in [0.2, 0.25) is 0 Å². The Morgan fingerprint density at radius 1 is 0.418 bits per heavy atom. The Balaban J connectivity index is 1.15. The molecular weight excluding hydrogens is 851 g/mol. The molecule has 2 N–H and O–H groups in total. The van der Waals surface area contributed by atoms with E-state index in [9.17, 15) is 15.7 Å². The van der Waals surface area contributed by atoms with E-state index in [1.165, 1.54) is 0 Å². The van der Waals surface area contributed by atoms with Crippen molar-refractivity contribution in [2.24, 2.45) is 5.11 Å². The molecule has 8 rings (SSSR count). The van der Waals surface area contributed by atoms with Gasteiger partial charge in [-0.1, -0.05) is 187 Å². The van der Waals surface area contributed by atoms with Crippen molar-refractivity contribution in [3.05, 3.63) is 226 Å². The Kier molecular flexibility index (Phi) is 17.7. The Bertz CT molecular complexity index is 2370. The number of aliphatic hydroxyl groups excluding tert-OH is 2. The van der Waals surface area contributed by atoms with E-state index in [4.69, 9.17) is 37.9 Å². The third kappa shape index (κ3) is 13.2. The number of hydrogen-bond acceptors (Lipinski definition) is 11. The summed E-state index contributed by atoms with van der Waals surface area (Å²) >= 11 is 0. The lowest BCUT2D eigenvalue weighted by atomic mass is 9.83. The van der Waals surface area contributed by atoms with Gasteiger partial charge >= 0.3 is 0 Å². The lowest BCUT2D eigenvalue weighted by Gasteiger charge is -2.50. The molecule has 0 radical (unpaired) electrons. The van der Waals surface area contributed by atoms with E-state index in [0.717, 1.165) is 33.4 Å². The number of aliphatic hydroxyl groups is 2. The first-order valence-electron chi connectivity index (χ1n) is 22.6. The van der Waals surface area contributed by atoms with Crippen LogP contribution >= 0.6 is 0 Å². The summed E-state index contributed by atoms with van der Waals surface area (Å²) < 4.78 is 53.5. The Morgan fingerprint density at radius 2 is 0.746 bits per heavy atom. The summed E-state index contributed by atoms with van der Waals surface area (Å²) in [6.07, 6.45) is -11.6. The smallest absolute Gasteiger partial charge is 0.169 e. The molecule has 1 aliphatic carbocycles. The first-order valence-corrected chi connectivity index (χ1v) is 22.6. The van der Waals surface area contributed by atoms with Gasteiger partial charge in [0.05, 0.1) is 46.2 Å². The zero-order chi connectivity index (χ0) is 46.0. The van der Waals surface area contributed by atoms with Gasteiger partial charge in [0.1, 0.15) is 61.0 Å². The second-order valence-electron chi connectivity index (χ2n) is 16.6. The fourth-order valence-electron chi connectivity index (χ4n) is 8.45. The predicted octanol–water partition coefficient (Wildman–Crippen LogP) is 8.65. The molecule has 13 nitrogen and oxygen atoms in total. The Morgan fingerprint density at radius 3 is 1.15 bits per heavy atom. The molecule has 1 heterocycles. The van der Waals surface area contributed by atoms with Gasteiger partial charge in [0, 0.05) is 4.91 Å². The van der Waals surface area contributed by atoms with Gasteiger partial charge in [0.25, 0.3) is 0 Å². The van der Waals surface area contributed by atoms with Crippen LogP contribution in [-0.2, 0) is 77.5 Å². The molecule has 2 aliphatic rings. The molecule has 6 aromatic rings. The summed E-state index contributed by atoms with van der Waals surface area (Å²) in [5.41, 5.74) is 15.6. The van der Waals surface area contributed by atoms with Crippen molar-refractivity contribution < 1.29 is 48.1 Å². The van der Waals surface area contributed by atoms with Gasteiger partial charge < -0.3 is 48.1 Å². The van der Waals surface area contributed by atoms with Crippen LogP contribution in [0, 0.1) is 0 Å². The van der Waals surface area contributed by atoms with E-state index >= 15 is 0 Å². The van der Waals surface area contributed by atoms with E-state index in [1.54, 1.807) is 0 Å². The van der Waals surface area contributed by atoms with Crippen LogP contribution in [0.5, 0.6) is 0 Å². The highest BCUT2D eigenvalue weighted by molar-refractivity contribution is 5.19. The number of azide groups is 1. The van der Waals surface area contributed by atoms with E-state index in [2.05, 4.69) is 10.0 Å². The second-order valence-corrected chi connectivity index (χ2v) is 16.6. The minimum absolute atomic E-state index is 0.0321. The number of ether oxygens (including phenoxy) is 8. The van der Waals surface area contributed by atoms with Gasteiger partial charge in [0.15, 0.2) is 6.29 Å². The van der Waals surface area contributed by atoms with Crippen LogP contribution in [-0.4, -0.2) is 84.1 Å². The van der Waals surface area contributed by atoms with E-state index < -0.39 is 67.3 Å². The summed E-state index contributed by atoms with van der Waals surface area (Å²) in [6, 6.07) is 56.7. The normalized spacial score (nSPS) is 26.1. The molecule has 1 aliphatic heterocycles. The highest BCUT2D eigenvalue weighted by Crippen LogP contribution is 2.37. The molecule has 5 unspecified atom stereocenters. The van der Waals surface area contributed by atoms with E-state index in [-0.39, 0.29) is 46.2 Å². The van der Waals surface area contributed by atoms with Gasteiger partial charge in [-0.15, -0.1) is 0 Å². The molecule has 1 saturated carbocycles. The van der Waals surface area contributed by atoms with Crippen molar-refractivity contribution >= 4 is 0 Å². The molecule has 2 fully saturated rings. The molecule has 67 heavy (non-hydrogen) atoms. The largest absolute Gasteiger partial charge is 0.387 e. The minimum Gasteiger partial charge on any atom is -0.387 e. The van der Waals surface area contributed by atoms with Gasteiger partial charge in [-0.2, -0.15) is 0 Å². The van der Waals surface area contributed by atoms with Crippen molar-refractivity contribution in [2.45, 2.75) is 107 Å². The van der Waals surface area contributed by atoms with Crippen molar-refractivity contribution in [3.63, 3.8) is 0 Å². The highest BCUT2D eigenvalue weighted by Gasteiger charge is 2.56. The van der Waals surface area contributed by atoms with Crippen molar-refractivity contribution in [1.82, 2.24) is 0 Å². The molecule has 13 heteroatoms. The van der Waals surface area contributed by atoms with Gasteiger partial charge in [-0.3, -0.25) is 0 Å². The summed E-state index contributed by atoms with van der Waals surface area (Å²) in [5, 5.41) is 28.7. The quantitative estimate of drug-likeness (QED) is 0.0383. The van der Waals surface area contributed by atoms with Gasteiger partial charge in [-0.05, 0) is 38.9 Å². The second kappa shape index (κ2) is 24.8. The van der Waals surface area contributed by atoms with Gasteiger partial charge in [-0.25, -0.2) is 0 Å². The molecular formula is C54H57N3O10. The number of benzene rings is 6. The maximum atomic E-state index is 12.3. The summed E-state index contributed by atoms with van der Waals surface area (Å²) in [7, 11) is 0. The number of rotatable bonds is 22. The fourth-order valence-corrected chi connectivity index (χ4v) is 8.45. The average molecular weight is 908 g/mol. The maximum absolute atomic E-state index is 12.3. The first-order chi connectivity index (χ1) is 33.0. The fraction of sp³-hybridized carbons (Fsp3) is 0.333. The molecule has 1 saturated heterocycles. The molecule has 6 aromatic carbocycles. The van der Waals surface area contributed by atoms with E-state index in [1.807, 2.05) is 182 Å². The van der Waals surface area contributed by atoms with Gasteiger partial charge in [0.2, 0.25) is 0 Å². The molecule has 348 valence electrons. The van der Waals surface area contributed by atoms with Crippen LogP contribution in [0.25, 0.3) is 10.4 Å². The Hall–Kier alpha value is -5.77. The molecule has 0 aromatic heterocycles. The monoisotopic (exact) mass is 907 g/mol. The lowest BCUT2D eigenvalue weighted by Crippen LogP contribution is -2.68. The summed E-state index contributed by atoms with van der Waals surface area (Å²) in [5.74, 6) is 0. The van der Waals surface area contributed by atoms with Crippen molar-refractivity contribution in [3.8, 4) is 0 Å². The SMILES string of the molecule is [N-]=[N+]=NC1[C@@H](O[C@@H]2C(O)[C@@H](O)C(OCc3ccccc3)C(OCc3ccccc3)[C@@H]2OCc2ccccc2)OC(COCc2ccccc2)[C@@H](OCc2ccccc2)[C@@H]1OCc1ccccc1. The maximum Gasteiger partial charge on any atom is 0.169 e. The standard InChI is InChI=1S/C54H57N3O10/c55-57-56-45-49(62-33-40-23-11-3-12-24-40)48(61-32-39-21-9-2-10-22-39)44(37-60-31-38-19-7-1-8-20-38)66-54(45)67-51-47(59)46(58)50(63-34-41-25-13-4-14-26-41)52(64-35-42-27-15-5-16-28-42)53(51)65-36-43-29-17-6-18-30-43/h1-30,44-54,58-59H,31-37H2/t44?,45?,46-,47?,48-,49-,50?,51-,52?,53-,54-/m1/s1. The molecule has 0 amide bonds. The van der Waals surface area contributed by atoms with Crippen LogP contribution in [0.4, 0.5) is 0 Å². The Labute approximate surface area is 391 Å². The number of hydrogen-bond donors (Lipinski definition) is 2. The molecule has 0 spiro atoms. The van der Waals surface area contributed by atoms with Crippen LogP contribution in [0.1, 0.15) is 33.4 Å². The van der Waals surface area contributed by atoms with Crippen LogP contribution in [0.3, 0.4) is 0 Å². The third-order valence-electron chi connectivity index (χ3n) is 11.9. The zero-order valence-corrected chi connectivity index (χ0v) is 37.1. The highest BCUT2D eigenvalue weighted by atomic mass is 16.7. The van der Waals surface area contributed by atoms with Crippen LogP contribution < -0.4 is 0 Å². The van der Waals surface area contributed by atoms with Crippen LogP contribution in [0.15, 0.2) is 187 Å². The zero-order valence-electron chi connectivity index (χ0n) is 37.1. The average Bonchev–Trinajstić information content (AvgIpc) is 3.38. The topological polar surface area (TPSA) is 163 Å². The minimum atomic E-state index is -1.60. The summed E-state index contributed by atoms with van der Waals surface area (Å²) in [6.45, 7) is 1.00. The molecule has 0 bridgehead atoms. The summed E-state index contributed by atoms with van der Waals surface area (Å²) in [4.78, 5) is 3.27. The lowest BCUT2D eigenvalue weighted by molar-refractivity contribution is -0.335. The van der Waals surface area contributed by atoms with Crippen molar-refractivity contribution in [1.29, 1.82) is 0 Å². The predicted molar refractivity (Wildman–Crippen MR) is 250 cm³/mol. The van der Waals surface area contributed by atoms with E-state index in [0.29, 0.717) is 0 Å². The van der Waals surface area contributed by atoms with Crippen molar-refractivity contribution in [2.75, 3.05) is 6.61 Å². The first kappa shape index (κ1) is 47.7.